The summed E-state index contributed by atoms with van der Waals surface area (Å²) in [7, 11) is 0. The van der Waals surface area contributed by atoms with Crippen LogP contribution in [0.1, 0.15) is 12.8 Å². The molecular formula is C26H28ClN5O2. The molecule has 1 aromatic heterocycles. The maximum atomic E-state index is 13.2. The Morgan fingerprint density at radius 3 is 2.35 bits per heavy atom. The smallest absolute Gasteiger partial charge is 0.225 e. The molecule has 8 heteroatoms. The number of para-hydroxylation sites is 1. The number of amides is 1. The molecule has 7 nitrogen and oxygen atoms in total. The van der Waals surface area contributed by atoms with E-state index in [0.717, 1.165) is 74.4 Å². The highest BCUT2D eigenvalue weighted by atomic mass is 35.5. The SMILES string of the molecule is O=C(C1CCN(c2cc(Oc3ccccc3)ncn2)CC1)N1CCN(c2cccc(Cl)c2)CC1. The predicted molar refractivity (Wildman–Crippen MR) is 134 cm³/mol. The number of nitrogens with zero attached hydrogens (tertiary/aromatic N) is 5. The highest BCUT2D eigenvalue weighted by molar-refractivity contribution is 6.30. The molecule has 0 unspecified atom stereocenters. The van der Waals surface area contributed by atoms with Crippen LogP contribution in [0.15, 0.2) is 67.0 Å². The van der Waals surface area contributed by atoms with Crippen molar-refractivity contribution in [2.24, 2.45) is 5.92 Å². The van der Waals surface area contributed by atoms with Gasteiger partial charge in [0.05, 0.1) is 0 Å². The zero-order valence-electron chi connectivity index (χ0n) is 19.0. The number of hydrogen-bond acceptors (Lipinski definition) is 6. The van der Waals surface area contributed by atoms with Gasteiger partial charge in [-0.1, -0.05) is 35.9 Å². The van der Waals surface area contributed by atoms with Gasteiger partial charge in [-0.15, -0.1) is 0 Å². The Balaban J connectivity index is 1.13. The fourth-order valence-corrected chi connectivity index (χ4v) is 4.82. The fraction of sp³-hybridized carbons (Fsp3) is 0.346. The van der Waals surface area contributed by atoms with Crippen molar-refractivity contribution in [3.05, 3.63) is 72.0 Å². The largest absolute Gasteiger partial charge is 0.439 e. The Labute approximate surface area is 204 Å². The Morgan fingerprint density at radius 2 is 1.62 bits per heavy atom. The van der Waals surface area contributed by atoms with E-state index in [0.29, 0.717) is 5.88 Å². The number of benzene rings is 2. The number of carbonyl (C=O) groups is 1. The van der Waals surface area contributed by atoms with Crippen LogP contribution in [-0.4, -0.2) is 60.0 Å². The van der Waals surface area contributed by atoms with Gasteiger partial charge in [-0.25, -0.2) is 9.97 Å². The van der Waals surface area contributed by atoms with Gasteiger partial charge in [-0.2, -0.15) is 0 Å². The summed E-state index contributed by atoms with van der Waals surface area (Å²) in [5.74, 6) is 2.44. The molecule has 2 fully saturated rings. The highest BCUT2D eigenvalue weighted by Crippen LogP contribution is 2.27. The third-order valence-electron chi connectivity index (χ3n) is 6.53. The molecular weight excluding hydrogens is 450 g/mol. The molecule has 0 bridgehead atoms. The molecule has 0 spiro atoms. The summed E-state index contributed by atoms with van der Waals surface area (Å²) in [5.41, 5.74) is 1.12. The van der Waals surface area contributed by atoms with Crippen molar-refractivity contribution in [3.8, 4) is 11.6 Å². The van der Waals surface area contributed by atoms with Gasteiger partial charge in [0, 0.05) is 62.0 Å². The van der Waals surface area contributed by atoms with Crippen LogP contribution in [0.25, 0.3) is 0 Å². The summed E-state index contributed by atoms with van der Waals surface area (Å²) in [5, 5.41) is 0.741. The summed E-state index contributed by atoms with van der Waals surface area (Å²) in [6.45, 7) is 4.74. The highest BCUT2D eigenvalue weighted by Gasteiger charge is 2.31. The minimum absolute atomic E-state index is 0.0656. The zero-order chi connectivity index (χ0) is 23.3. The second-order valence-electron chi connectivity index (χ2n) is 8.68. The predicted octanol–water partition coefficient (Wildman–Crippen LogP) is 4.49. The van der Waals surface area contributed by atoms with E-state index in [-0.39, 0.29) is 11.8 Å². The molecule has 2 aliphatic heterocycles. The molecule has 2 aromatic carbocycles. The van der Waals surface area contributed by atoms with Crippen LogP contribution in [0.5, 0.6) is 11.6 Å². The third kappa shape index (κ3) is 5.25. The maximum absolute atomic E-state index is 13.2. The summed E-state index contributed by atoms with van der Waals surface area (Å²) in [6, 6.07) is 19.4. The number of piperazine rings is 1. The van der Waals surface area contributed by atoms with Crippen LogP contribution < -0.4 is 14.5 Å². The lowest BCUT2D eigenvalue weighted by Gasteiger charge is -2.39. The molecule has 176 valence electrons. The number of halogens is 1. The van der Waals surface area contributed by atoms with Crippen molar-refractivity contribution in [1.82, 2.24) is 14.9 Å². The topological polar surface area (TPSA) is 61.8 Å². The van der Waals surface area contributed by atoms with Gasteiger partial charge >= 0.3 is 0 Å². The summed E-state index contributed by atoms with van der Waals surface area (Å²) in [4.78, 5) is 28.4. The lowest BCUT2D eigenvalue weighted by molar-refractivity contribution is -0.136. The average Bonchev–Trinajstić information content (AvgIpc) is 2.89. The number of aromatic nitrogens is 2. The van der Waals surface area contributed by atoms with E-state index in [1.54, 1.807) is 0 Å². The number of hydrogen-bond donors (Lipinski definition) is 0. The van der Waals surface area contributed by atoms with Crippen molar-refractivity contribution in [2.45, 2.75) is 12.8 Å². The van der Waals surface area contributed by atoms with Gasteiger partial charge in [-0.3, -0.25) is 4.79 Å². The van der Waals surface area contributed by atoms with E-state index in [4.69, 9.17) is 16.3 Å². The minimum Gasteiger partial charge on any atom is -0.439 e. The van der Waals surface area contributed by atoms with Crippen molar-refractivity contribution >= 4 is 29.0 Å². The number of carbonyl (C=O) groups excluding carboxylic acids is 1. The molecule has 0 aliphatic carbocycles. The van der Waals surface area contributed by atoms with Crippen molar-refractivity contribution < 1.29 is 9.53 Å². The van der Waals surface area contributed by atoms with E-state index < -0.39 is 0 Å². The van der Waals surface area contributed by atoms with Crippen LogP contribution in [0, 0.1) is 5.92 Å². The third-order valence-corrected chi connectivity index (χ3v) is 6.76. The Bertz CT molecular complexity index is 1110. The molecule has 34 heavy (non-hydrogen) atoms. The van der Waals surface area contributed by atoms with E-state index in [1.165, 1.54) is 6.33 Å². The first-order chi connectivity index (χ1) is 16.7. The van der Waals surface area contributed by atoms with Crippen molar-refractivity contribution in [3.63, 3.8) is 0 Å². The molecule has 3 heterocycles. The van der Waals surface area contributed by atoms with Crippen LogP contribution in [0.2, 0.25) is 5.02 Å². The molecule has 0 atom stereocenters. The minimum atomic E-state index is 0.0656. The molecule has 0 saturated carbocycles. The van der Waals surface area contributed by atoms with Crippen LogP contribution in [-0.2, 0) is 4.79 Å². The van der Waals surface area contributed by atoms with E-state index in [1.807, 2.05) is 59.5 Å². The standard InChI is InChI=1S/C26H28ClN5O2/c27-21-5-4-6-22(17-21)30-13-15-32(16-14-30)26(33)20-9-11-31(12-10-20)24-18-25(29-19-28-24)34-23-7-2-1-3-8-23/h1-8,17-20H,9-16H2. The van der Waals surface area contributed by atoms with Gasteiger partial charge in [0.25, 0.3) is 0 Å². The summed E-state index contributed by atoms with van der Waals surface area (Å²) >= 11 is 6.14. The number of piperidine rings is 1. The molecule has 1 amide bonds. The first-order valence-electron chi connectivity index (χ1n) is 11.7. The fourth-order valence-electron chi connectivity index (χ4n) is 4.64. The normalized spacial score (nSPS) is 17.0. The van der Waals surface area contributed by atoms with E-state index >= 15 is 0 Å². The maximum Gasteiger partial charge on any atom is 0.225 e. The summed E-state index contributed by atoms with van der Waals surface area (Å²) < 4.78 is 5.85. The second-order valence-corrected chi connectivity index (χ2v) is 9.12. The molecule has 2 saturated heterocycles. The Morgan fingerprint density at radius 1 is 0.853 bits per heavy atom. The molecule has 0 N–H and O–H groups in total. The van der Waals surface area contributed by atoms with Gasteiger partial charge in [-0.05, 0) is 43.2 Å². The number of anilines is 2. The van der Waals surface area contributed by atoms with Gasteiger partial charge in [0.2, 0.25) is 11.8 Å². The van der Waals surface area contributed by atoms with Crippen molar-refractivity contribution in [1.29, 1.82) is 0 Å². The summed E-state index contributed by atoms with van der Waals surface area (Å²) in [6.07, 6.45) is 3.18. The second kappa shape index (κ2) is 10.3. The molecule has 0 radical (unpaired) electrons. The van der Waals surface area contributed by atoms with E-state index in [9.17, 15) is 4.79 Å². The van der Waals surface area contributed by atoms with Crippen LogP contribution in [0.3, 0.4) is 0 Å². The van der Waals surface area contributed by atoms with Crippen LogP contribution in [0.4, 0.5) is 11.5 Å². The van der Waals surface area contributed by atoms with E-state index in [2.05, 4.69) is 25.8 Å². The number of ether oxygens (including phenoxy) is 1. The number of rotatable bonds is 5. The first-order valence-corrected chi connectivity index (χ1v) is 12.1. The molecule has 3 aromatic rings. The van der Waals surface area contributed by atoms with Gasteiger partial charge in [0.1, 0.15) is 17.9 Å². The van der Waals surface area contributed by atoms with Gasteiger partial charge < -0.3 is 19.4 Å². The quantitative estimate of drug-likeness (QED) is 0.539. The molecule has 5 rings (SSSR count). The lowest BCUT2D eigenvalue weighted by Crippen LogP contribution is -2.51. The Kier molecular flexibility index (Phi) is 6.81. The average molecular weight is 478 g/mol. The van der Waals surface area contributed by atoms with Crippen molar-refractivity contribution in [2.75, 3.05) is 49.1 Å². The molecule has 2 aliphatic rings. The lowest BCUT2D eigenvalue weighted by atomic mass is 9.95. The Hall–Kier alpha value is -3.32. The first kappa shape index (κ1) is 22.5. The monoisotopic (exact) mass is 477 g/mol. The van der Waals surface area contributed by atoms with Crippen LogP contribution >= 0.6 is 11.6 Å². The zero-order valence-corrected chi connectivity index (χ0v) is 19.8. The van der Waals surface area contributed by atoms with Gasteiger partial charge in [0.15, 0.2) is 0 Å².